The number of hydrogen-bond donors (Lipinski definition) is 0. The van der Waals surface area contributed by atoms with Crippen LogP contribution >= 0.6 is 15.9 Å². The zero-order valence-corrected chi connectivity index (χ0v) is 11.2. The van der Waals surface area contributed by atoms with Crippen molar-refractivity contribution in [3.63, 3.8) is 0 Å². The summed E-state index contributed by atoms with van der Waals surface area (Å²) in [6, 6.07) is 11.0. The molecule has 0 heterocycles. The Balaban J connectivity index is 2.19. The monoisotopic (exact) mass is 284 g/mol. The highest BCUT2D eigenvalue weighted by Crippen LogP contribution is 2.32. The van der Waals surface area contributed by atoms with Crippen molar-refractivity contribution in [3.8, 4) is 11.8 Å². The lowest BCUT2D eigenvalue weighted by Gasteiger charge is -2.03. The van der Waals surface area contributed by atoms with Crippen LogP contribution in [0.5, 0.6) is 0 Å². The third-order valence-electron chi connectivity index (χ3n) is 3.32. The number of alkyl halides is 1. The van der Waals surface area contributed by atoms with Crippen LogP contribution in [0.1, 0.15) is 23.1 Å². The first-order chi connectivity index (χ1) is 8.40. The van der Waals surface area contributed by atoms with Gasteiger partial charge >= 0.3 is 0 Å². The largest absolute Gasteiger partial charge is 0.0970 e. The fourth-order valence-electron chi connectivity index (χ4n) is 2.56. The minimum Gasteiger partial charge on any atom is -0.0970 e. The smallest absolute Gasteiger partial charge is 0.0324 e. The number of benzene rings is 2. The van der Waals surface area contributed by atoms with Gasteiger partial charge in [0, 0.05) is 17.3 Å². The van der Waals surface area contributed by atoms with Crippen molar-refractivity contribution in [1.29, 1.82) is 0 Å². The van der Waals surface area contributed by atoms with E-state index >= 15 is 0 Å². The standard InChI is InChI=1S/C16H13Br/c17-11-2-1-4-12-7-8-14-10-9-13-5-3-6-15(12)16(13)14/h3,5-8H,2,9-11H2. The van der Waals surface area contributed by atoms with Crippen LogP contribution in [0.4, 0.5) is 0 Å². The van der Waals surface area contributed by atoms with Crippen molar-refractivity contribution in [1.82, 2.24) is 0 Å². The molecule has 0 unspecified atom stereocenters. The van der Waals surface area contributed by atoms with Crippen LogP contribution < -0.4 is 0 Å². The first kappa shape index (κ1) is 10.9. The molecule has 0 saturated heterocycles. The summed E-state index contributed by atoms with van der Waals surface area (Å²) in [5, 5.41) is 3.74. The van der Waals surface area contributed by atoms with Crippen LogP contribution in [-0.2, 0) is 12.8 Å². The van der Waals surface area contributed by atoms with Gasteiger partial charge in [0.05, 0.1) is 0 Å². The molecule has 0 amide bonds. The van der Waals surface area contributed by atoms with Gasteiger partial charge in [-0.25, -0.2) is 0 Å². The fourth-order valence-corrected chi connectivity index (χ4v) is 2.76. The third-order valence-corrected chi connectivity index (χ3v) is 3.72. The molecule has 2 aromatic rings. The summed E-state index contributed by atoms with van der Waals surface area (Å²) < 4.78 is 0. The van der Waals surface area contributed by atoms with Gasteiger partial charge in [-0.05, 0) is 40.8 Å². The van der Waals surface area contributed by atoms with E-state index in [1.165, 1.54) is 40.3 Å². The SMILES string of the molecule is BrCCC#Cc1ccc2c3c(cccc13)CC2. The van der Waals surface area contributed by atoms with Crippen molar-refractivity contribution < 1.29 is 0 Å². The molecule has 1 aliphatic carbocycles. The molecule has 0 aliphatic heterocycles. The molecule has 0 atom stereocenters. The van der Waals surface area contributed by atoms with E-state index in [2.05, 4.69) is 58.1 Å². The van der Waals surface area contributed by atoms with Crippen molar-refractivity contribution >= 4 is 26.7 Å². The van der Waals surface area contributed by atoms with E-state index in [0.717, 1.165) is 11.8 Å². The number of rotatable bonds is 1. The highest BCUT2D eigenvalue weighted by atomic mass is 79.9. The molecule has 0 saturated carbocycles. The summed E-state index contributed by atoms with van der Waals surface area (Å²) in [7, 11) is 0. The Morgan fingerprint density at radius 1 is 1.06 bits per heavy atom. The van der Waals surface area contributed by atoms with Gasteiger partial charge in [0.15, 0.2) is 0 Å². The van der Waals surface area contributed by atoms with E-state index in [1.54, 1.807) is 0 Å². The molecule has 0 bridgehead atoms. The van der Waals surface area contributed by atoms with E-state index in [9.17, 15) is 0 Å². The summed E-state index contributed by atoms with van der Waals surface area (Å²) in [5.74, 6) is 6.50. The summed E-state index contributed by atoms with van der Waals surface area (Å²) in [6.45, 7) is 0. The number of hydrogen-bond acceptors (Lipinski definition) is 0. The van der Waals surface area contributed by atoms with Crippen molar-refractivity contribution in [2.24, 2.45) is 0 Å². The molecule has 0 radical (unpaired) electrons. The van der Waals surface area contributed by atoms with Crippen LogP contribution in [0.25, 0.3) is 10.8 Å². The molecule has 0 spiro atoms. The van der Waals surface area contributed by atoms with E-state index in [-0.39, 0.29) is 0 Å². The van der Waals surface area contributed by atoms with Gasteiger partial charge in [0.2, 0.25) is 0 Å². The number of aryl methyl sites for hydroxylation is 2. The summed E-state index contributed by atoms with van der Waals surface area (Å²) in [4.78, 5) is 0. The predicted octanol–water partition coefficient (Wildman–Crippen LogP) is 4.07. The Hall–Kier alpha value is -1.26. The van der Waals surface area contributed by atoms with E-state index in [0.29, 0.717) is 0 Å². The maximum absolute atomic E-state index is 3.40. The average Bonchev–Trinajstić information content (AvgIpc) is 2.78. The minimum absolute atomic E-state index is 0.906. The Bertz CT molecular complexity index is 619. The van der Waals surface area contributed by atoms with Gasteiger partial charge in [0.1, 0.15) is 0 Å². The molecule has 1 aliphatic rings. The second kappa shape index (κ2) is 4.55. The second-order valence-electron chi connectivity index (χ2n) is 4.35. The molecule has 0 fully saturated rings. The Kier molecular flexibility index (Phi) is 2.91. The van der Waals surface area contributed by atoms with Crippen LogP contribution in [0, 0.1) is 11.8 Å². The zero-order chi connectivity index (χ0) is 11.7. The van der Waals surface area contributed by atoms with Gasteiger partial charge in [-0.3, -0.25) is 0 Å². The molecule has 1 heteroatoms. The molecule has 0 N–H and O–H groups in total. The molecular formula is C16H13Br. The topological polar surface area (TPSA) is 0 Å². The summed E-state index contributed by atoms with van der Waals surface area (Å²) in [5.41, 5.74) is 4.15. The minimum atomic E-state index is 0.906. The molecule has 17 heavy (non-hydrogen) atoms. The third kappa shape index (κ3) is 1.87. The highest BCUT2D eigenvalue weighted by molar-refractivity contribution is 9.09. The van der Waals surface area contributed by atoms with Gasteiger partial charge in [0.25, 0.3) is 0 Å². The molecule has 0 aromatic heterocycles. The number of halogens is 1. The van der Waals surface area contributed by atoms with Crippen LogP contribution in [-0.4, -0.2) is 5.33 Å². The lowest BCUT2D eigenvalue weighted by atomic mass is 10.0. The molecule has 84 valence electrons. The highest BCUT2D eigenvalue weighted by Gasteiger charge is 2.14. The van der Waals surface area contributed by atoms with Crippen molar-refractivity contribution in [2.75, 3.05) is 5.33 Å². The molecular weight excluding hydrogens is 272 g/mol. The van der Waals surface area contributed by atoms with Crippen LogP contribution in [0.3, 0.4) is 0 Å². The van der Waals surface area contributed by atoms with E-state index in [4.69, 9.17) is 0 Å². The Morgan fingerprint density at radius 2 is 1.88 bits per heavy atom. The molecule has 2 aromatic carbocycles. The predicted molar refractivity (Wildman–Crippen MR) is 76.6 cm³/mol. The average molecular weight is 285 g/mol. The Morgan fingerprint density at radius 3 is 2.71 bits per heavy atom. The maximum atomic E-state index is 3.40. The lowest BCUT2D eigenvalue weighted by molar-refractivity contribution is 1.02. The Labute approximate surface area is 110 Å². The van der Waals surface area contributed by atoms with Gasteiger partial charge in [-0.2, -0.15) is 0 Å². The first-order valence-electron chi connectivity index (χ1n) is 5.98. The quantitative estimate of drug-likeness (QED) is 0.547. The fraction of sp³-hybridized carbons (Fsp3) is 0.250. The van der Waals surface area contributed by atoms with Crippen LogP contribution in [0.2, 0.25) is 0 Å². The molecule has 0 nitrogen and oxygen atoms in total. The van der Waals surface area contributed by atoms with Gasteiger partial charge < -0.3 is 0 Å². The molecule has 3 rings (SSSR count). The first-order valence-corrected chi connectivity index (χ1v) is 7.10. The van der Waals surface area contributed by atoms with Gasteiger partial charge in [-0.1, -0.05) is 52.0 Å². The van der Waals surface area contributed by atoms with Gasteiger partial charge in [-0.15, -0.1) is 0 Å². The summed E-state index contributed by atoms with van der Waals surface area (Å²) >= 11 is 3.40. The van der Waals surface area contributed by atoms with Crippen molar-refractivity contribution in [3.05, 3.63) is 47.0 Å². The summed E-state index contributed by atoms with van der Waals surface area (Å²) in [6.07, 6.45) is 3.28. The van der Waals surface area contributed by atoms with E-state index < -0.39 is 0 Å². The van der Waals surface area contributed by atoms with Crippen molar-refractivity contribution in [2.45, 2.75) is 19.3 Å². The van der Waals surface area contributed by atoms with Crippen LogP contribution in [0.15, 0.2) is 30.3 Å². The normalized spacial score (nSPS) is 12.5. The van der Waals surface area contributed by atoms with E-state index in [1.807, 2.05) is 0 Å². The lowest BCUT2D eigenvalue weighted by Crippen LogP contribution is -1.83. The maximum Gasteiger partial charge on any atom is 0.0324 e. The zero-order valence-electron chi connectivity index (χ0n) is 9.59. The second-order valence-corrected chi connectivity index (χ2v) is 5.15.